The van der Waals surface area contributed by atoms with Crippen LogP contribution in [0.25, 0.3) is 0 Å². The first-order chi connectivity index (χ1) is 9.72. The summed E-state index contributed by atoms with van der Waals surface area (Å²) in [7, 11) is 0. The molecule has 0 saturated heterocycles. The summed E-state index contributed by atoms with van der Waals surface area (Å²) in [5.74, 6) is 0. The third-order valence-electron chi connectivity index (χ3n) is 2.87. The van der Waals surface area contributed by atoms with Gasteiger partial charge in [0.25, 0.3) is 5.56 Å². The van der Waals surface area contributed by atoms with Gasteiger partial charge in [0.05, 0.1) is 25.0 Å². The predicted molar refractivity (Wildman–Crippen MR) is 81.9 cm³/mol. The molecule has 20 heavy (non-hydrogen) atoms. The van der Waals surface area contributed by atoms with Crippen molar-refractivity contribution in [3.63, 3.8) is 0 Å². The van der Waals surface area contributed by atoms with Crippen LogP contribution in [0.4, 0.5) is 5.69 Å². The third-order valence-corrected chi connectivity index (χ3v) is 3.63. The van der Waals surface area contributed by atoms with Gasteiger partial charge < -0.3 is 10.4 Å². The Balaban J connectivity index is 2.00. The van der Waals surface area contributed by atoms with Crippen molar-refractivity contribution in [1.29, 1.82) is 0 Å². The van der Waals surface area contributed by atoms with Gasteiger partial charge in [-0.05, 0) is 27.9 Å². The van der Waals surface area contributed by atoms with E-state index < -0.39 is 0 Å². The van der Waals surface area contributed by atoms with Gasteiger partial charge >= 0.3 is 0 Å². The second kappa shape index (κ2) is 7.21. The van der Waals surface area contributed by atoms with Gasteiger partial charge in [0, 0.05) is 6.54 Å². The molecule has 0 bridgehead atoms. The molecule has 1 aromatic heterocycles. The van der Waals surface area contributed by atoms with E-state index in [2.05, 4.69) is 38.5 Å². The van der Waals surface area contributed by atoms with E-state index in [1.54, 1.807) is 6.20 Å². The minimum absolute atomic E-state index is 0.111. The number of aliphatic hydroxyl groups is 1. The molecule has 0 spiro atoms. The van der Waals surface area contributed by atoms with Crippen LogP contribution in [0.3, 0.4) is 0 Å². The zero-order valence-electron chi connectivity index (χ0n) is 10.9. The van der Waals surface area contributed by atoms with E-state index in [1.807, 2.05) is 18.2 Å². The lowest BCUT2D eigenvalue weighted by Crippen LogP contribution is -2.26. The second-order valence-electron chi connectivity index (χ2n) is 4.29. The van der Waals surface area contributed by atoms with E-state index in [-0.39, 0.29) is 18.7 Å². The number of anilines is 1. The number of aromatic nitrogens is 2. The summed E-state index contributed by atoms with van der Waals surface area (Å²) in [6.07, 6.45) is 2.46. The molecule has 0 aliphatic rings. The van der Waals surface area contributed by atoms with Gasteiger partial charge in [-0.2, -0.15) is 5.10 Å². The fourth-order valence-electron chi connectivity index (χ4n) is 1.83. The van der Waals surface area contributed by atoms with Crippen LogP contribution in [0, 0.1) is 0 Å². The first-order valence-corrected chi connectivity index (χ1v) is 7.16. The largest absolute Gasteiger partial charge is 0.394 e. The molecule has 2 N–H and O–H groups in total. The number of nitrogens with zero attached hydrogens (tertiary/aromatic N) is 2. The lowest BCUT2D eigenvalue weighted by atomic mass is 10.1. The standard InChI is InChI=1S/C14H16BrN3O2/c15-13-12(10-17-18(8-9-19)14(13)20)16-7-6-11-4-2-1-3-5-11/h1-5,10,16,19H,6-9H2. The van der Waals surface area contributed by atoms with Crippen LogP contribution in [0.2, 0.25) is 0 Å². The zero-order chi connectivity index (χ0) is 14.4. The Bertz CT molecular complexity index is 614. The van der Waals surface area contributed by atoms with Gasteiger partial charge in [-0.1, -0.05) is 30.3 Å². The maximum atomic E-state index is 11.9. The van der Waals surface area contributed by atoms with E-state index in [0.29, 0.717) is 16.7 Å². The quantitative estimate of drug-likeness (QED) is 0.841. The van der Waals surface area contributed by atoms with Crippen molar-refractivity contribution in [2.24, 2.45) is 0 Å². The predicted octanol–water partition coefficient (Wildman–Crippen LogP) is 1.65. The maximum Gasteiger partial charge on any atom is 0.283 e. The first-order valence-electron chi connectivity index (χ1n) is 6.36. The number of hydrogen-bond acceptors (Lipinski definition) is 4. The third kappa shape index (κ3) is 3.68. The maximum absolute atomic E-state index is 11.9. The molecule has 5 nitrogen and oxygen atoms in total. The number of halogens is 1. The van der Waals surface area contributed by atoms with Crippen LogP contribution in [-0.4, -0.2) is 28.0 Å². The number of rotatable bonds is 6. The molecular formula is C14H16BrN3O2. The number of aliphatic hydroxyl groups excluding tert-OH is 1. The molecule has 0 amide bonds. The zero-order valence-corrected chi connectivity index (χ0v) is 12.5. The van der Waals surface area contributed by atoms with Gasteiger partial charge in [0.2, 0.25) is 0 Å². The van der Waals surface area contributed by atoms with Crippen LogP contribution in [0.1, 0.15) is 5.56 Å². The Hall–Kier alpha value is -1.66. The lowest BCUT2D eigenvalue weighted by Gasteiger charge is -2.10. The highest BCUT2D eigenvalue weighted by molar-refractivity contribution is 9.10. The smallest absolute Gasteiger partial charge is 0.283 e. The van der Waals surface area contributed by atoms with Crippen molar-refractivity contribution in [2.45, 2.75) is 13.0 Å². The normalized spacial score (nSPS) is 10.5. The molecule has 6 heteroatoms. The molecule has 0 fully saturated rings. The first kappa shape index (κ1) is 14.7. The Kier molecular flexibility index (Phi) is 5.31. The highest BCUT2D eigenvalue weighted by Crippen LogP contribution is 2.16. The van der Waals surface area contributed by atoms with E-state index in [0.717, 1.165) is 6.42 Å². The Morgan fingerprint density at radius 3 is 2.75 bits per heavy atom. The summed E-state index contributed by atoms with van der Waals surface area (Å²) >= 11 is 3.27. The molecular weight excluding hydrogens is 322 g/mol. The van der Waals surface area contributed by atoms with Crippen molar-refractivity contribution < 1.29 is 5.11 Å². The molecule has 0 atom stereocenters. The van der Waals surface area contributed by atoms with Crippen LogP contribution >= 0.6 is 15.9 Å². The van der Waals surface area contributed by atoms with Crippen molar-refractivity contribution in [2.75, 3.05) is 18.5 Å². The summed E-state index contributed by atoms with van der Waals surface area (Å²) in [6, 6.07) is 10.1. The van der Waals surface area contributed by atoms with E-state index >= 15 is 0 Å². The van der Waals surface area contributed by atoms with E-state index in [9.17, 15) is 4.79 Å². The number of nitrogens with one attached hydrogen (secondary N) is 1. The van der Waals surface area contributed by atoms with Gasteiger partial charge in [0.15, 0.2) is 0 Å². The van der Waals surface area contributed by atoms with Crippen molar-refractivity contribution in [3.05, 3.63) is 56.9 Å². The van der Waals surface area contributed by atoms with Gasteiger partial charge in [-0.15, -0.1) is 0 Å². The van der Waals surface area contributed by atoms with Crippen LogP contribution < -0.4 is 10.9 Å². The molecule has 0 radical (unpaired) electrons. The molecule has 0 saturated carbocycles. The highest BCUT2D eigenvalue weighted by Gasteiger charge is 2.07. The minimum Gasteiger partial charge on any atom is -0.394 e. The molecule has 0 aliphatic carbocycles. The second-order valence-corrected chi connectivity index (χ2v) is 5.08. The lowest BCUT2D eigenvalue weighted by molar-refractivity contribution is 0.266. The van der Waals surface area contributed by atoms with Crippen molar-refractivity contribution in [3.8, 4) is 0 Å². The minimum atomic E-state index is -0.247. The molecule has 0 aliphatic heterocycles. The van der Waals surface area contributed by atoms with Gasteiger partial charge in [-0.25, -0.2) is 4.68 Å². The highest BCUT2D eigenvalue weighted by atomic mass is 79.9. The summed E-state index contributed by atoms with van der Waals surface area (Å²) in [5, 5.41) is 16.0. The summed E-state index contributed by atoms with van der Waals surface area (Å²) in [4.78, 5) is 11.9. The fourth-order valence-corrected chi connectivity index (χ4v) is 2.28. The molecule has 2 rings (SSSR count). The summed E-state index contributed by atoms with van der Waals surface area (Å²) in [5.41, 5.74) is 1.65. The monoisotopic (exact) mass is 337 g/mol. The van der Waals surface area contributed by atoms with Crippen LogP contribution in [0.15, 0.2) is 45.8 Å². The average molecular weight is 338 g/mol. The number of hydrogen-bond donors (Lipinski definition) is 2. The molecule has 1 aromatic carbocycles. The van der Waals surface area contributed by atoms with Gasteiger partial charge in [0.1, 0.15) is 4.47 Å². The van der Waals surface area contributed by atoms with Crippen molar-refractivity contribution >= 4 is 21.6 Å². The summed E-state index contributed by atoms with van der Waals surface area (Å²) in [6.45, 7) is 0.801. The SMILES string of the molecule is O=c1c(Br)c(NCCc2ccccc2)cnn1CCO. The van der Waals surface area contributed by atoms with Crippen molar-refractivity contribution in [1.82, 2.24) is 9.78 Å². The Labute approximate surface area is 125 Å². The van der Waals surface area contributed by atoms with E-state index in [1.165, 1.54) is 10.2 Å². The fraction of sp³-hybridized carbons (Fsp3) is 0.286. The Morgan fingerprint density at radius 1 is 1.30 bits per heavy atom. The van der Waals surface area contributed by atoms with Crippen LogP contribution in [0.5, 0.6) is 0 Å². The molecule has 0 unspecified atom stereocenters. The van der Waals surface area contributed by atoms with Gasteiger partial charge in [-0.3, -0.25) is 4.79 Å². The summed E-state index contributed by atoms with van der Waals surface area (Å²) < 4.78 is 1.67. The molecule has 2 aromatic rings. The average Bonchev–Trinajstić information content (AvgIpc) is 2.48. The number of benzene rings is 1. The Morgan fingerprint density at radius 2 is 2.05 bits per heavy atom. The van der Waals surface area contributed by atoms with Crippen LogP contribution in [-0.2, 0) is 13.0 Å². The topological polar surface area (TPSA) is 67.2 Å². The molecule has 106 valence electrons. The molecule has 1 heterocycles. The van der Waals surface area contributed by atoms with E-state index in [4.69, 9.17) is 5.11 Å².